The van der Waals surface area contributed by atoms with Crippen molar-refractivity contribution in [2.24, 2.45) is 5.73 Å². The molecule has 1 rings (SSSR count). The van der Waals surface area contributed by atoms with Crippen LogP contribution in [0.1, 0.15) is 12.5 Å². The van der Waals surface area contributed by atoms with Gasteiger partial charge in [-0.05, 0) is 24.6 Å². The minimum absolute atomic E-state index is 0.281. The van der Waals surface area contributed by atoms with E-state index in [4.69, 9.17) is 5.73 Å². The molecule has 1 atom stereocenters. The minimum atomic E-state index is -0.415. The van der Waals surface area contributed by atoms with E-state index in [1.807, 2.05) is 0 Å². The van der Waals surface area contributed by atoms with E-state index in [9.17, 15) is 9.18 Å². The van der Waals surface area contributed by atoms with E-state index in [0.717, 1.165) is 5.56 Å². The van der Waals surface area contributed by atoms with Crippen molar-refractivity contribution in [2.75, 3.05) is 0 Å². The Balaban J connectivity index is 2.49. The van der Waals surface area contributed by atoms with Crippen molar-refractivity contribution in [1.29, 1.82) is 0 Å². The van der Waals surface area contributed by atoms with Gasteiger partial charge in [0, 0.05) is 6.54 Å². The number of nitrogens with two attached hydrogens (primary N) is 1. The van der Waals surface area contributed by atoms with Crippen LogP contribution in [0.2, 0.25) is 0 Å². The van der Waals surface area contributed by atoms with Crippen LogP contribution in [0.5, 0.6) is 0 Å². The van der Waals surface area contributed by atoms with Crippen LogP contribution in [0.15, 0.2) is 24.3 Å². The largest absolute Gasteiger partial charge is 0.368 e. The highest BCUT2D eigenvalue weighted by molar-refractivity contribution is 5.79. The standard InChI is InChI=1S/C10H13FN2O/c1-7(10(12)14)13-6-8-3-2-4-9(11)5-8/h2-5,7,13H,6H2,1H3,(H2,12,14). The van der Waals surface area contributed by atoms with Crippen molar-refractivity contribution in [3.63, 3.8) is 0 Å². The molecule has 0 saturated carbocycles. The van der Waals surface area contributed by atoms with E-state index in [0.29, 0.717) is 6.54 Å². The summed E-state index contributed by atoms with van der Waals surface area (Å²) < 4.78 is 12.7. The van der Waals surface area contributed by atoms with Crippen LogP contribution in [-0.4, -0.2) is 11.9 Å². The average Bonchev–Trinajstić information content (AvgIpc) is 2.14. The lowest BCUT2D eigenvalue weighted by Crippen LogP contribution is -2.38. The summed E-state index contributed by atoms with van der Waals surface area (Å²) in [5.41, 5.74) is 5.84. The number of rotatable bonds is 4. The predicted octanol–water partition coefficient (Wildman–Crippen LogP) is 0.789. The first-order valence-corrected chi connectivity index (χ1v) is 4.36. The van der Waals surface area contributed by atoms with Crippen LogP contribution >= 0.6 is 0 Å². The number of carbonyl (C=O) groups excluding carboxylic acids is 1. The zero-order valence-electron chi connectivity index (χ0n) is 7.96. The maximum absolute atomic E-state index is 12.7. The SMILES string of the molecule is CC(NCc1cccc(F)c1)C(N)=O. The smallest absolute Gasteiger partial charge is 0.234 e. The van der Waals surface area contributed by atoms with Gasteiger partial charge in [0.25, 0.3) is 0 Å². The molecule has 4 heteroatoms. The van der Waals surface area contributed by atoms with E-state index < -0.39 is 11.9 Å². The maximum Gasteiger partial charge on any atom is 0.234 e. The molecule has 0 spiro atoms. The molecule has 76 valence electrons. The van der Waals surface area contributed by atoms with Crippen molar-refractivity contribution in [1.82, 2.24) is 5.32 Å². The highest BCUT2D eigenvalue weighted by Gasteiger charge is 2.06. The molecule has 0 heterocycles. The number of primary amides is 1. The first-order chi connectivity index (χ1) is 6.59. The molecule has 3 nitrogen and oxygen atoms in total. The maximum atomic E-state index is 12.7. The second-order valence-electron chi connectivity index (χ2n) is 3.13. The molecule has 1 aromatic carbocycles. The summed E-state index contributed by atoms with van der Waals surface area (Å²) in [6.07, 6.45) is 0. The van der Waals surface area contributed by atoms with Crippen molar-refractivity contribution >= 4 is 5.91 Å². The van der Waals surface area contributed by atoms with Gasteiger partial charge >= 0.3 is 0 Å². The summed E-state index contributed by atoms with van der Waals surface area (Å²) in [5.74, 6) is -0.697. The Bertz CT molecular complexity index is 328. The lowest BCUT2D eigenvalue weighted by Gasteiger charge is -2.09. The van der Waals surface area contributed by atoms with Gasteiger partial charge in [-0.25, -0.2) is 4.39 Å². The van der Waals surface area contributed by atoms with Crippen LogP contribution < -0.4 is 11.1 Å². The number of hydrogen-bond donors (Lipinski definition) is 2. The van der Waals surface area contributed by atoms with Gasteiger partial charge in [0.2, 0.25) is 5.91 Å². The normalized spacial score (nSPS) is 12.4. The van der Waals surface area contributed by atoms with Crippen LogP contribution in [0.3, 0.4) is 0 Å². The zero-order valence-corrected chi connectivity index (χ0v) is 7.96. The fourth-order valence-electron chi connectivity index (χ4n) is 1.02. The Hall–Kier alpha value is -1.42. The van der Waals surface area contributed by atoms with Crippen molar-refractivity contribution in [3.05, 3.63) is 35.6 Å². The number of benzene rings is 1. The number of amides is 1. The summed E-state index contributed by atoms with van der Waals surface area (Å²) in [4.78, 5) is 10.7. The summed E-state index contributed by atoms with van der Waals surface area (Å²) in [6, 6.07) is 5.80. The molecule has 1 aromatic rings. The first kappa shape index (κ1) is 10.7. The average molecular weight is 196 g/mol. The molecule has 0 aliphatic rings. The van der Waals surface area contributed by atoms with Crippen molar-refractivity contribution in [2.45, 2.75) is 19.5 Å². The molecular weight excluding hydrogens is 183 g/mol. The molecule has 1 amide bonds. The van der Waals surface area contributed by atoms with Gasteiger partial charge in [-0.15, -0.1) is 0 Å². The molecule has 0 saturated heterocycles. The Morgan fingerprint density at radius 2 is 2.36 bits per heavy atom. The lowest BCUT2D eigenvalue weighted by atomic mass is 10.2. The second kappa shape index (κ2) is 4.72. The molecule has 0 fully saturated rings. The highest BCUT2D eigenvalue weighted by Crippen LogP contribution is 2.02. The Kier molecular flexibility index (Phi) is 3.59. The zero-order chi connectivity index (χ0) is 10.6. The van der Waals surface area contributed by atoms with Gasteiger partial charge in [-0.2, -0.15) is 0 Å². The minimum Gasteiger partial charge on any atom is -0.368 e. The molecule has 14 heavy (non-hydrogen) atoms. The van der Waals surface area contributed by atoms with Gasteiger partial charge in [-0.1, -0.05) is 12.1 Å². The van der Waals surface area contributed by atoms with E-state index in [1.54, 1.807) is 19.1 Å². The fraction of sp³-hybridized carbons (Fsp3) is 0.300. The highest BCUT2D eigenvalue weighted by atomic mass is 19.1. The summed E-state index contributed by atoms with van der Waals surface area (Å²) in [6.45, 7) is 2.10. The van der Waals surface area contributed by atoms with E-state index in [-0.39, 0.29) is 5.82 Å². The van der Waals surface area contributed by atoms with Crippen LogP contribution in [-0.2, 0) is 11.3 Å². The molecule has 3 N–H and O–H groups in total. The Morgan fingerprint density at radius 3 is 2.93 bits per heavy atom. The number of hydrogen-bond acceptors (Lipinski definition) is 2. The molecular formula is C10H13FN2O. The van der Waals surface area contributed by atoms with Crippen molar-refractivity contribution < 1.29 is 9.18 Å². The van der Waals surface area contributed by atoms with Crippen LogP contribution in [0.25, 0.3) is 0 Å². The third-order valence-electron chi connectivity index (χ3n) is 1.93. The van der Waals surface area contributed by atoms with E-state index in [2.05, 4.69) is 5.32 Å². The molecule has 0 aromatic heterocycles. The second-order valence-corrected chi connectivity index (χ2v) is 3.13. The predicted molar refractivity (Wildman–Crippen MR) is 51.9 cm³/mol. The molecule has 1 unspecified atom stereocenters. The Morgan fingerprint density at radius 1 is 1.64 bits per heavy atom. The van der Waals surface area contributed by atoms with Crippen LogP contribution in [0.4, 0.5) is 4.39 Å². The van der Waals surface area contributed by atoms with E-state index in [1.165, 1.54) is 12.1 Å². The van der Waals surface area contributed by atoms with Crippen LogP contribution in [0, 0.1) is 5.82 Å². The number of carbonyl (C=O) groups is 1. The molecule has 0 bridgehead atoms. The van der Waals surface area contributed by atoms with Gasteiger partial charge < -0.3 is 11.1 Å². The summed E-state index contributed by atoms with van der Waals surface area (Å²) >= 11 is 0. The quantitative estimate of drug-likeness (QED) is 0.748. The summed E-state index contributed by atoms with van der Waals surface area (Å²) in [5, 5.41) is 2.88. The first-order valence-electron chi connectivity index (χ1n) is 4.36. The molecule has 0 aliphatic carbocycles. The number of nitrogens with one attached hydrogen (secondary N) is 1. The van der Waals surface area contributed by atoms with Crippen molar-refractivity contribution in [3.8, 4) is 0 Å². The third-order valence-corrected chi connectivity index (χ3v) is 1.93. The van der Waals surface area contributed by atoms with Gasteiger partial charge in [-0.3, -0.25) is 4.79 Å². The fourth-order valence-corrected chi connectivity index (χ4v) is 1.02. The Labute approximate surface area is 82.1 Å². The monoisotopic (exact) mass is 196 g/mol. The van der Waals surface area contributed by atoms with E-state index >= 15 is 0 Å². The molecule has 0 aliphatic heterocycles. The lowest BCUT2D eigenvalue weighted by molar-refractivity contribution is -0.119. The van der Waals surface area contributed by atoms with Gasteiger partial charge in [0.15, 0.2) is 0 Å². The summed E-state index contributed by atoms with van der Waals surface area (Å²) in [7, 11) is 0. The topological polar surface area (TPSA) is 55.1 Å². The number of halogens is 1. The van der Waals surface area contributed by atoms with Gasteiger partial charge in [0.05, 0.1) is 6.04 Å². The molecule has 0 radical (unpaired) electrons. The third kappa shape index (κ3) is 3.14. The van der Waals surface area contributed by atoms with Gasteiger partial charge in [0.1, 0.15) is 5.82 Å².